The summed E-state index contributed by atoms with van der Waals surface area (Å²) in [5.41, 5.74) is 0.740. The molecule has 0 aliphatic rings. The third kappa shape index (κ3) is 5.25. The van der Waals surface area contributed by atoms with Gasteiger partial charge in [-0.3, -0.25) is 9.59 Å². The molecule has 31 heavy (non-hydrogen) atoms. The zero-order valence-corrected chi connectivity index (χ0v) is 19.0. The molecule has 0 saturated heterocycles. The molecule has 3 rings (SSSR count). The number of H-pyrrole nitrogens is 1. The number of benzene rings is 2. The molecule has 0 radical (unpaired) electrons. The summed E-state index contributed by atoms with van der Waals surface area (Å²) >= 11 is 4.67. The van der Waals surface area contributed by atoms with E-state index in [-0.39, 0.29) is 23.8 Å². The number of aromatic nitrogens is 2. The van der Waals surface area contributed by atoms with Gasteiger partial charge in [0.1, 0.15) is 11.6 Å². The lowest BCUT2D eigenvalue weighted by Crippen LogP contribution is -2.20. The number of aromatic amines is 1. The third-order valence-corrected chi connectivity index (χ3v) is 5.28. The van der Waals surface area contributed by atoms with E-state index in [1.54, 1.807) is 30.5 Å². The van der Waals surface area contributed by atoms with Crippen LogP contribution in [0, 0.1) is 11.3 Å². The first-order valence-corrected chi connectivity index (χ1v) is 10.9. The molecule has 0 bridgehead atoms. The first-order valence-electron chi connectivity index (χ1n) is 8.90. The number of rotatable bonds is 7. The van der Waals surface area contributed by atoms with Crippen molar-refractivity contribution in [2.75, 3.05) is 25.3 Å². The molecule has 3 aromatic rings. The number of methoxy groups -OCH3 is 1. The fourth-order valence-electron chi connectivity index (χ4n) is 2.71. The standard InChI is InChI=1S/C21H17BrN4O4S/c1-29-16-9-12(18-14(10-23)20(28)26-21(25-18)31-2)8-15(22)19(16)30-11-17(27)24-13-6-4-3-5-7-13/h3-9H,11H2,1-2H3,(H,24,27)(H,25,26,28). The van der Waals surface area contributed by atoms with Gasteiger partial charge in [0, 0.05) is 11.3 Å². The second-order valence-electron chi connectivity index (χ2n) is 6.10. The lowest BCUT2D eigenvalue weighted by atomic mass is 10.1. The van der Waals surface area contributed by atoms with E-state index in [9.17, 15) is 14.9 Å². The Balaban J connectivity index is 1.89. The summed E-state index contributed by atoms with van der Waals surface area (Å²) in [6, 6.07) is 14.2. The maximum Gasteiger partial charge on any atom is 0.270 e. The molecule has 0 spiro atoms. The summed E-state index contributed by atoms with van der Waals surface area (Å²) in [6.07, 6.45) is 1.77. The highest BCUT2D eigenvalue weighted by atomic mass is 79.9. The molecular weight excluding hydrogens is 484 g/mol. The number of nitrogens with one attached hydrogen (secondary N) is 2. The topological polar surface area (TPSA) is 117 Å². The highest BCUT2D eigenvalue weighted by Crippen LogP contribution is 2.39. The van der Waals surface area contributed by atoms with Crippen LogP contribution in [0.4, 0.5) is 5.69 Å². The Labute approximate surface area is 190 Å². The Morgan fingerprint density at radius 2 is 2.06 bits per heavy atom. The minimum Gasteiger partial charge on any atom is -0.493 e. The van der Waals surface area contributed by atoms with Gasteiger partial charge in [0.2, 0.25) is 0 Å². The van der Waals surface area contributed by atoms with E-state index in [0.717, 1.165) is 0 Å². The predicted molar refractivity (Wildman–Crippen MR) is 122 cm³/mol. The summed E-state index contributed by atoms with van der Waals surface area (Å²) in [5, 5.41) is 12.5. The molecule has 1 amide bonds. The summed E-state index contributed by atoms with van der Waals surface area (Å²) in [7, 11) is 1.45. The van der Waals surface area contributed by atoms with Gasteiger partial charge in [-0.15, -0.1) is 0 Å². The lowest BCUT2D eigenvalue weighted by Gasteiger charge is -2.15. The number of amides is 1. The van der Waals surface area contributed by atoms with Gasteiger partial charge in [-0.05, 0) is 46.5 Å². The van der Waals surface area contributed by atoms with Gasteiger partial charge in [-0.2, -0.15) is 5.26 Å². The normalized spacial score (nSPS) is 10.3. The molecule has 0 aliphatic heterocycles. The Bertz CT molecular complexity index is 1210. The molecule has 10 heteroatoms. The van der Waals surface area contributed by atoms with Crippen LogP contribution in [0.5, 0.6) is 11.5 Å². The van der Waals surface area contributed by atoms with E-state index in [2.05, 4.69) is 31.2 Å². The van der Waals surface area contributed by atoms with Gasteiger partial charge >= 0.3 is 0 Å². The highest BCUT2D eigenvalue weighted by molar-refractivity contribution is 9.10. The summed E-state index contributed by atoms with van der Waals surface area (Å²) in [6.45, 7) is -0.244. The SMILES string of the molecule is COc1cc(-c2nc(SC)[nH]c(=O)c2C#N)cc(Br)c1OCC(=O)Nc1ccccc1. The molecule has 1 heterocycles. The van der Waals surface area contributed by atoms with Gasteiger partial charge in [-0.25, -0.2) is 4.98 Å². The Morgan fingerprint density at radius 1 is 1.32 bits per heavy atom. The maximum atomic E-state index is 12.2. The van der Waals surface area contributed by atoms with Gasteiger partial charge in [0.15, 0.2) is 23.3 Å². The Hall–Kier alpha value is -3.29. The van der Waals surface area contributed by atoms with Gasteiger partial charge in [0.25, 0.3) is 11.5 Å². The summed E-state index contributed by atoms with van der Waals surface area (Å²) < 4.78 is 11.6. The van der Waals surface area contributed by atoms with Crippen LogP contribution in [-0.4, -0.2) is 35.8 Å². The first-order chi connectivity index (χ1) is 15.0. The van der Waals surface area contributed by atoms with E-state index in [1.807, 2.05) is 24.3 Å². The number of nitriles is 1. The monoisotopic (exact) mass is 500 g/mol. The van der Waals surface area contributed by atoms with Crippen molar-refractivity contribution in [3.63, 3.8) is 0 Å². The lowest BCUT2D eigenvalue weighted by molar-refractivity contribution is -0.118. The zero-order valence-electron chi connectivity index (χ0n) is 16.6. The van der Waals surface area contributed by atoms with Gasteiger partial charge < -0.3 is 19.8 Å². The number of hydrogen-bond donors (Lipinski definition) is 2. The molecule has 0 fully saturated rings. The summed E-state index contributed by atoms with van der Waals surface area (Å²) in [4.78, 5) is 31.3. The Morgan fingerprint density at radius 3 is 2.71 bits per heavy atom. The van der Waals surface area contributed by atoms with Crippen LogP contribution in [-0.2, 0) is 4.79 Å². The maximum absolute atomic E-state index is 12.2. The van der Waals surface area contributed by atoms with E-state index < -0.39 is 5.56 Å². The number of carbonyl (C=O) groups is 1. The van der Waals surface area contributed by atoms with Crippen LogP contribution >= 0.6 is 27.7 Å². The molecule has 2 aromatic carbocycles. The smallest absolute Gasteiger partial charge is 0.270 e. The summed E-state index contributed by atoms with van der Waals surface area (Å²) in [5.74, 6) is 0.285. The number of carbonyl (C=O) groups excluding carboxylic acids is 1. The van der Waals surface area contributed by atoms with Crippen molar-refractivity contribution in [2.24, 2.45) is 0 Å². The number of thioether (sulfide) groups is 1. The van der Waals surface area contributed by atoms with Crippen LogP contribution < -0.4 is 20.3 Å². The molecule has 8 nitrogen and oxygen atoms in total. The molecular formula is C21H17BrN4O4S. The van der Waals surface area contributed by atoms with Crippen molar-refractivity contribution < 1.29 is 14.3 Å². The highest BCUT2D eigenvalue weighted by Gasteiger charge is 2.19. The van der Waals surface area contributed by atoms with Crippen LogP contribution in [0.15, 0.2) is 56.9 Å². The number of nitrogens with zero attached hydrogens (tertiary/aromatic N) is 2. The number of ether oxygens (including phenoxy) is 2. The minimum absolute atomic E-state index is 0.109. The van der Waals surface area contributed by atoms with Crippen molar-refractivity contribution in [3.05, 3.63) is 62.9 Å². The zero-order chi connectivity index (χ0) is 22.4. The average molecular weight is 501 g/mol. The van der Waals surface area contributed by atoms with E-state index >= 15 is 0 Å². The second-order valence-corrected chi connectivity index (χ2v) is 7.75. The van der Waals surface area contributed by atoms with Gasteiger partial charge in [-0.1, -0.05) is 30.0 Å². The molecule has 158 valence electrons. The number of halogens is 1. The average Bonchev–Trinajstić information content (AvgIpc) is 2.77. The second kappa shape index (κ2) is 10.1. The van der Waals surface area contributed by atoms with E-state index in [4.69, 9.17) is 9.47 Å². The minimum atomic E-state index is -0.523. The van der Waals surface area contributed by atoms with Crippen LogP contribution in [0.3, 0.4) is 0 Å². The molecule has 0 unspecified atom stereocenters. The van der Waals surface area contributed by atoms with Gasteiger partial charge in [0.05, 0.1) is 17.3 Å². The van der Waals surface area contributed by atoms with Crippen LogP contribution in [0.2, 0.25) is 0 Å². The molecule has 0 saturated carbocycles. The van der Waals surface area contributed by atoms with E-state index in [1.165, 1.54) is 18.9 Å². The van der Waals surface area contributed by atoms with E-state index in [0.29, 0.717) is 32.4 Å². The van der Waals surface area contributed by atoms with Crippen molar-refractivity contribution in [2.45, 2.75) is 5.16 Å². The number of hydrogen-bond acceptors (Lipinski definition) is 7. The number of anilines is 1. The largest absolute Gasteiger partial charge is 0.493 e. The van der Waals surface area contributed by atoms with Crippen molar-refractivity contribution in [1.29, 1.82) is 5.26 Å². The molecule has 1 aromatic heterocycles. The quantitative estimate of drug-likeness (QED) is 0.374. The predicted octanol–water partition coefficient (Wildman–Crippen LogP) is 3.82. The first kappa shape index (κ1) is 22.4. The van der Waals surface area contributed by atoms with Crippen LogP contribution in [0.1, 0.15) is 5.56 Å². The fraction of sp³-hybridized carbons (Fsp3) is 0.143. The van der Waals surface area contributed by atoms with Crippen LogP contribution in [0.25, 0.3) is 11.3 Å². The Kier molecular flexibility index (Phi) is 7.33. The molecule has 0 aliphatic carbocycles. The number of para-hydroxylation sites is 1. The van der Waals surface area contributed by atoms with Crippen molar-refractivity contribution in [1.82, 2.24) is 9.97 Å². The molecule has 0 atom stereocenters. The van der Waals surface area contributed by atoms with Crippen molar-refractivity contribution >= 4 is 39.3 Å². The molecule has 2 N–H and O–H groups in total. The fourth-order valence-corrected chi connectivity index (χ4v) is 3.65. The van der Waals surface area contributed by atoms with Crippen molar-refractivity contribution in [3.8, 4) is 28.8 Å². The third-order valence-electron chi connectivity index (χ3n) is 4.11.